The van der Waals surface area contributed by atoms with Crippen molar-refractivity contribution in [3.05, 3.63) is 12.2 Å². The van der Waals surface area contributed by atoms with Crippen molar-refractivity contribution in [2.45, 2.75) is 13.0 Å². The Kier molecular flexibility index (Phi) is 2.88. The summed E-state index contributed by atoms with van der Waals surface area (Å²) < 4.78 is 0. The third kappa shape index (κ3) is 2.36. The van der Waals surface area contributed by atoms with Gasteiger partial charge in [-0.25, -0.2) is 0 Å². The highest BCUT2D eigenvalue weighted by Gasteiger charge is 2.03. The zero-order chi connectivity index (χ0) is 6.57. The quantitative estimate of drug-likeness (QED) is 0.497. The molecule has 0 saturated heterocycles. The Morgan fingerprint density at radius 3 is 2.50 bits per heavy atom. The highest BCUT2D eigenvalue weighted by Crippen LogP contribution is 1.79. The van der Waals surface area contributed by atoms with Gasteiger partial charge < -0.3 is 10.8 Å². The zero-order valence-electron chi connectivity index (χ0n) is 4.66. The largest absolute Gasteiger partial charge is 0.480 e. The number of hydrogen-bond donors (Lipinski definition) is 2. The second-order valence-corrected chi connectivity index (χ2v) is 1.39. The average molecular weight is 115 g/mol. The lowest BCUT2D eigenvalue weighted by molar-refractivity contribution is -0.137. The predicted molar refractivity (Wildman–Crippen MR) is 30.4 cm³/mol. The molecule has 0 aromatic heterocycles. The summed E-state index contributed by atoms with van der Waals surface area (Å²) in [6.07, 6.45) is 3.03. The van der Waals surface area contributed by atoms with E-state index in [0.717, 1.165) is 0 Å². The first-order valence-electron chi connectivity index (χ1n) is 2.29. The molecule has 0 fully saturated rings. The minimum absolute atomic E-state index is 0.847. The molecule has 0 spiro atoms. The van der Waals surface area contributed by atoms with Crippen molar-refractivity contribution in [3.63, 3.8) is 0 Å². The summed E-state index contributed by atoms with van der Waals surface area (Å²) in [5.41, 5.74) is 5.04. The van der Waals surface area contributed by atoms with Crippen molar-refractivity contribution in [2.75, 3.05) is 0 Å². The SMILES string of the molecule is CC=CC(N)C(=O)O. The molecule has 0 rings (SSSR count). The Labute approximate surface area is 47.8 Å². The minimum atomic E-state index is -0.997. The summed E-state index contributed by atoms with van der Waals surface area (Å²) in [6, 6.07) is -0.847. The molecule has 0 radical (unpaired) electrons. The molecule has 46 valence electrons. The topological polar surface area (TPSA) is 63.3 Å². The van der Waals surface area contributed by atoms with Crippen LogP contribution in [0.4, 0.5) is 0 Å². The van der Waals surface area contributed by atoms with Crippen molar-refractivity contribution in [2.24, 2.45) is 5.73 Å². The number of hydrogen-bond acceptors (Lipinski definition) is 2. The molecule has 0 aliphatic rings. The fourth-order valence-corrected chi connectivity index (χ4v) is 0.290. The number of nitrogens with two attached hydrogens (primary N) is 1. The van der Waals surface area contributed by atoms with Gasteiger partial charge in [-0.2, -0.15) is 0 Å². The molecule has 1 atom stereocenters. The molecule has 0 aliphatic carbocycles. The van der Waals surface area contributed by atoms with Gasteiger partial charge in [0.25, 0.3) is 0 Å². The average Bonchev–Trinajstić information content (AvgIpc) is 1.67. The number of allylic oxidation sites excluding steroid dienone is 1. The van der Waals surface area contributed by atoms with Gasteiger partial charge in [0.05, 0.1) is 0 Å². The van der Waals surface area contributed by atoms with Gasteiger partial charge in [0.2, 0.25) is 0 Å². The van der Waals surface area contributed by atoms with Gasteiger partial charge in [-0.1, -0.05) is 12.2 Å². The second kappa shape index (κ2) is 3.21. The first-order valence-corrected chi connectivity index (χ1v) is 2.29. The lowest BCUT2D eigenvalue weighted by atomic mass is 10.3. The van der Waals surface area contributed by atoms with E-state index in [-0.39, 0.29) is 0 Å². The molecule has 3 N–H and O–H groups in total. The Morgan fingerprint density at radius 1 is 1.88 bits per heavy atom. The molecule has 0 aliphatic heterocycles. The van der Waals surface area contributed by atoms with Crippen LogP contribution in [0.2, 0.25) is 0 Å². The van der Waals surface area contributed by atoms with Crippen LogP contribution >= 0.6 is 0 Å². The van der Waals surface area contributed by atoms with E-state index in [1.54, 1.807) is 13.0 Å². The summed E-state index contributed by atoms with van der Waals surface area (Å²) in [7, 11) is 0. The Hall–Kier alpha value is -0.830. The van der Waals surface area contributed by atoms with E-state index < -0.39 is 12.0 Å². The van der Waals surface area contributed by atoms with Crippen molar-refractivity contribution in [1.29, 1.82) is 0 Å². The van der Waals surface area contributed by atoms with Gasteiger partial charge in [-0.05, 0) is 6.92 Å². The van der Waals surface area contributed by atoms with Crippen LogP contribution in [-0.4, -0.2) is 17.1 Å². The molecule has 0 aromatic carbocycles. The first kappa shape index (κ1) is 7.17. The molecule has 0 heterocycles. The van der Waals surface area contributed by atoms with E-state index >= 15 is 0 Å². The summed E-state index contributed by atoms with van der Waals surface area (Å²) in [6.45, 7) is 1.72. The highest BCUT2D eigenvalue weighted by atomic mass is 16.4. The van der Waals surface area contributed by atoms with Crippen LogP contribution in [0.3, 0.4) is 0 Å². The van der Waals surface area contributed by atoms with E-state index in [4.69, 9.17) is 10.8 Å². The minimum Gasteiger partial charge on any atom is -0.480 e. The summed E-state index contributed by atoms with van der Waals surface area (Å²) in [5.74, 6) is -0.997. The highest BCUT2D eigenvalue weighted by molar-refractivity contribution is 5.75. The number of aliphatic carboxylic acids is 1. The van der Waals surface area contributed by atoms with Gasteiger partial charge in [-0.3, -0.25) is 4.79 Å². The Balaban J connectivity index is 3.64. The number of rotatable bonds is 2. The van der Waals surface area contributed by atoms with Crippen molar-refractivity contribution >= 4 is 5.97 Å². The van der Waals surface area contributed by atoms with Crippen molar-refractivity contribution in [1.82, 2.24) is 0 Å². The molecule has 3 heteroatoms. The van der Waals surface area contributed by atoms with Gasteiger partial charge in [0, 0.05) is 0 Å². The maximum absolute atomic E-state index is 9.91. The maximum Gasteiger partial charge on any atom is 0.324 e. The second-order valence-electron chi connectivity index (χ2n) is 1.39. The summed E-state index contributed by atoms with van der Waals surface area (Å²) >= 11 is 0. The fraction of sp³-hybridized carbons (Fsp3) is 0.400. The molecule has 8 heavy (non-hydrogen) atoms. The van der Waals surface area contributed by atoms with E-state index in [0.29, 0.717) is 0 Å². The van der Waals surface area contributed by atoms with Crippen LogP contribution in [0.25, 0.3) is 0 Å². The van der Waals surface area contributed by atoms with Crippen LogP contribution < -0.4 is 5.73 Å². The smallest absolute Gasteiger partial charge is 0.324 e. The summed E-state index contributed by atoms with van der Waals surface area (Å²) in [5, 5.41) is 8.14. The normalized spacial score (nSPS) is 14.2. The van der Waals surface area contributed by atoms with E-state index in [1.807, 2.05) is 0 Å². The molecule has 0 saturated carbocycles. The molecule has 3 nitrogen and oxygen atoms in total. The third-order valence-corrected chi connectivity index (χ3v) is 0.685. The lowest BCUT2D eigenvalue weighted by Crippen LogP contribution is -2.27. The molecule has 0 aromatic rings. The van der Waals surface area contributed by atoms with E-state index in [2.05, 4.69) is 0 Å². The summed E-state index contributed by atoms with van der Waals surface area (Å²) in [4.78, 5) is 9.91. The molecular weight excluding hydrogens is 106 g/mol. The number of carboxylic acid groups (broad SMARTS) is 1. The van der Waals surface area contributed by atoms with Crippen LogP contribution in [0.15, 0.2) is 12.2 Å². The molecule has 0 amide bonds. The van der Waals surface area contributed by atoms with Gasteiger partial charge in [0.1, 0.15) is 6.04 Å². The number of carbonyl (C=O) groups is 1. The van der Waals surface area contributed by atoms with E-state index in [1.165, 1.54) is 6.08 Å². The van der Waals surface area contributed by atoms with Gasteiger partial charge in [0.15, 0.2) is 0 Å². The van der Waals surface area contributed by atoms with Gasteiger partial charge in [-0.15, -0.1) is 0 Å². The standard InChI is InChI=1S/C5H9NO2/c1-2-3-4(6)5(7)8/h2-4H,6H2,1H3,(H,7,8). The van der Waals surface area contributed by atoms with E-state index in [9.17, 15) is 4.79 Å². The van der Waals surface area contributed by atoms with Crippen LogP contribution in [0.5, 0.6) is 0 Å². The third-order valence-electron chi connectivity index (χ3n) is 0.685. The van der Waals surface area contributed by atoms with Gasteiger partial charge >= 0.3 is 5.97 Å². The molecule has 0 bridgehead atoms. The van der Waals surface area contributed by atoms with Crippen LogP contribution in [0, 0.1) is 0 Å². The molecule has 1 unspecified atom stereocenters. The van der Waals surface area contributed by atoms with Crippen molar-refractivity contribution < 1.29 is 9.90 Å². The fourth-order valence-electron chi connectivity index (χ4n) is 0.290. The van der Waals surface area contributed by atoms with Crippen molar-refractivity contribution in [3.8, 4) is 0 Å². The lowest BCUT2D eigenvalue weighted by Gasteiger charge is -1.94. The predicted octanol–water partition coefficient (Wildman–Crippen LogP) is -0.0256. The van der Waals surface area contributed by atoms with Crippen LogP contribution in [0.1, 0.15) is 6.92 Å². The molecular formula is C5H9NO2. The number of carboxylic acids is 1. The Morgan fingerprint density at radius 2 is 2.38 bits per heavy atom. The maximum atomic E-state index is 9.91. The van der Waals surface area contributed by atoms with Crippen LogP contribution in [-0.2, 0) is 4.79 Å². The first-order chi connectivity index (χ1) is 3.68. The zero-order valence-corrected chi connectivity index (χ0v) is 4.66. The monoisotopic (exact) mass is 115 g/mol. The Bertz CT molecular complexity index is 109.